The zero-order valence-corrected chi connectivity index (χ0v) is 12.9. The van der Waals surface area contributed by atoms with Crippen molar-refractivity contribution < 1.29 is 13.5 Å². The van der Waals surface area contributed by atoms with E-state index in [4.69, 9.17) is 0 Å². The number of aliphatic hydroxyl groups is 1. The quantitative estimate of drug-likeness (QED) is 0.850. The average Bonchev–Trinajstić information content (AvgIpc) is 2.28. The summed E-state index contributed by atoms with van der Waals surface area (Å²) in [6, 6.07) is 6.47. The molecule has 0 saturated heterocycles. The van der Waals surface area contributed by atoms with Crippen LogP contribution in [0, 0.1) is 0 Å². The summed E-state index contributed by atoms with van der Waals surface area (Å²) in [6.45, 7) is 1.62. The molecule has 0 unspecified atom stereocenters. The van der Waals surface area contributed by atoms with Gasteiger partial charge in [-0.3, -0.25) is 0 Å². The van der Waals surface area contributed by atoms with Crippen LogP contribution in [-0.2, 0) is 10.2 Å². The topological polar surface area (TPSA) is 69.6 Å². The first-order chi connectivity index (χ1) is 8.24. The summed E-state index contributed by atoms with van der Waals surface area (Å²) in [5.41, 5.74) is 0.659. The Morgan fingerprint density at radius 2 is 1.78 bits per heavy atom. The van der Waals surface area contributed by atoms with Gasteiger partial charge in [0.25, 0.3) is 10.2 Å². The van der Waals surface area contributed by atoms with Crippen molar-refractivity contribution in [3.8, 4) is 0 Å². The molecule has 1 aromatic rings. The molecule has 0 aliphatic carbocycles. The number of hydrogen-bond acceptors (Lipinski definition) is 3. The Hall–Kier alpha value is -0.470. The second kappa shape index (κ2) is 6.12. The Bertz CT molecular complexity index is 488. The Kier molecular flexibility index (Phi) is 5.30. The van der Waals surface area contributed by atoms with Crippen molar-refractivity contribution in [2.24, 2.45) is 0 Å². The predicted molar refractivity (Wildman–Crippen MR) is 74.3 cm³/mol. The van der Waals surface area contributed by atoms with Crippen LogP contribution < -0.4 is 4.72 Å². The van der Waals surface area contributed by atoms with Crippen LogP contribution in [0.1, 0.15) is 18.6 Å². The highest BCUT2D eigenvalue weighted by molar-refractivity contribution is 9.10. The zero-order chi connectivity index (χ0) is 13.9. The van der Waals surface area contributed by atoms with Crippen molar-refractivity contribution in [2.45, 2.75) is 19.1 Å². The molecule has 7 heteroatoms. The minimum absolute atomic E-state index is 0.612. The number of hydrogen-bond donors (Lipinski definition) is 2. The number of rotatable bonds is 5. The lowest BCUT2D eigenvalue weighted by Gasteiger charge is -2.22. The van der Waals surface area contributed by atoms with E-state index in [1.807, 2.05) is 0 Å². The highest BCUT2D eigenvalue weighted by atomic mass is 79.9. The van der Waals surface area contributed by atoms with Gasteiger partial charge in [-0.2, -0.15) is 17.4 Å². The van der Waals surface area contributed by atoms with Crippen LogP contribution in [0.4, 0.5) is 0 Å². The molecular formula is C11H17BrN2O3S. The molecule has 0 radical (unpaired) electrons. The van der Waals surface area contributed by atoms with Crippen molar-refractivity contribution in [1.82, 2.24) is 9.03 Å². The highest BCUT2D eigenvalue weighted by Crippen LogP contribution is 2.20. The van der Waals surface area contributed by atoms with E-state index < -0.39 is 22.4 Å². The molecule has 1 aromatic carbocycles. The van der Waals surface area contributed by atoms with Gasteiger partial charge in [-0.25, -0.2) is 0 Å². The molecule has 0 aliphatic heterocycles. The molecule has 18 heavy (non-hydrogen) atoms. The van der Waals surface area contributed by atoms with E-state index in [0.29, 0.717) is 5.56 Å². The van der Waals surface area contributed by atoms with Crippen LogP contribution >= 0.6 is 15.9 Å². The normalized spacial score (nSPS) is 15.7. The van der Waals surface area contributed by atoms with E-state index >= 15 is 0 Å². The van der Waals surface area contributed by atoms with Crippen molar-refractivity contribution in [3.63, 3.8) is 0 Å². The van der Waals surface area contributed by atoms with Crippen LogP contribution in [0.25, 0.3) is 0 Å². The van der Waals surface area contributed by atoms with E-state index in [2.05, 4.69) is 20.7 Å². The summed E-state index contributed by atoms with van der Waals surface area (Å²) in [5.74, 6) is 0. The third-order valence-corrected chi connectivity index (χ3v) is 4.66. The maximum absolute atomic E-state index is 11.6. The van der Waals surface area contributed by atoms with Gasteiger partial charge in [0.2, 0.25) is 0 Å². The lowest BCUT2D eigenvalue weighted by atomic mass is 10.0. The molecule has 2 N–H and O–H groups in total. The lowest BCUT2D eigenvalue weighted by Crippen LogP contribution is -2.43. The first kappa shape index (κ1) is 15.6. The van der Waals surface area contributed by atoms with Gasteiger partial charge in [0.1, 0.15) is 0 Å². The molecule has 0 aliphatic rings. The molecule has 5 nitrogen and oxygen atoms in total. The Morgan fingerprint density at radius 1 is 1.28 bits per heavy atom. The number of benzene rings is 1. The van der Waals surface area contributed by atoms with Crippen LogP contribution in [0.3, 0.4) is 0 Å². The minimum atomic E-state index is -3.54. The van der Waals surface area contributed by atoms with Gasteiger partial charge in [-0.1, -0.05) is 28.1 Å². The van der Waals surface area contributed by atoms with Gasteiger partial charge < -0.3 is 5.11 Å². The number of nitrogens with one attached hydrogen (secondary N) is 1. The fourth-order valence-electron chi connectivity index (χ4n) is 1.35. The fourth-order valence-corrected chi connectivity index (χ4v) is 2.43. The van der Waals surface area contributed by atoms with Gasteiger partial charge >= 0.3 is 0 Å². The molecule has 0 bridgehead atoms. The summed E-state index contributed by atoms with van der Waals surface area (Å²) in [6.07, 6.45) is -0.896. The Balaban J connectivity index is 2.79. The molecule has 1 rings (SSSR count). The number of aliphatic hydroxyl groups excluding tert-OH is 1. The largest absolute Gasteiger partial charge is 0.387 e. The first-order valence-corrected chi connectivity index (χ1v) is 7.60. The molecule has 0 saturated carbocycles. The molecule has 102 valence electrons. The van der Waals surface area contributed by atoms with Crippen LogP contribution in [0.15, 0.2) is 28.7 Å². The monoisotopic (exact) mass is 336 g/mol. The zero-order valence-electron chi connectivity index (χ0n) is 10.5. The first-order valence-electron chi connectivity index (χ1n) is 5.37. The second-order valence-electron chi connectivity index (χ2n) is 4.19. The second-order valence-corrected chi connectivity index (χ2v) is 7.02. The summed E-state index contributed by atoms with van der Waals surface area (Å²) in [7, 11) is -0.681. The van der Waals surface area contributed by atoms with Crippen molar-refractivity contribution in [3.05, 3.63) is 34.3 Å². The van der Waals surface area contributed by atoms with E-state index in [9.17, 15) is 13.5 Å². The highest BCUT2D eigenvalue weighted by Gasteiger charge is 2.23. The van der Waals surface area contributed by atoms with Gasteiger partial charge in [0.15, 0.2) is 0 Å². The molecule has 0 spiro atoms. The fraction of sp³-hybridized carbons (Fsp3) is 0.455. The Morgan fingerprint density at radius 3 is 2.22 bits per heavy atom. The third-order valence-electron chi connectivity index (χ3n) is 2.50. The summed E-state index contributed by atoms with van der Waals surface area (Å²) in [4.78, 5) is 0. The van der Waals surface area contributed by atoms with Crippen molar-refractivity contribution in [1.29, 1.82) is 0 Å². The molecular weight excluding hydrogens is 320 g/mol. The summed E-state index contributed by atoms with van der Waals surface area (Å²) < 4.78 is 27.6. The van der Waals surface area contributed by atoms with Gasteiger partial charge in [-0.05, 0) is 24.6 Å². The van der Waals surface area contributed by atoms with Crippen LogP contribution in [0.5, 0.6) is 0 Å². The Labute approximate surface area is 116 Å². The van der Waals surface area contributed by atoms with E-state index in [-0.39, 0.29) is 0 Å². The van der Waals surface area contributed by atoms with Crippen LogP contribution in [0.2, 0.25) is 0 Å². The predicted octanol–water partition coefficient (Wildman–Crippen LogP) is 1.27. The maximum Gasteiger partial charge on any atom is 0.279 e. The third kappa shape index (κ3) is 4.03. The standard InChI is InChI=1S/C11H17BrN2O3S/c1-8(13-18(16,17)14(2)3)11(15)9-4-6-10(12)7-5-9/h4-8,11,13,15H,1-3H3/t8-,11-/m0/s1. The summed E-state index contributed by atoms with van der Waals surface area (Å²) >= 11 is 3.30. The average molecular weight is 337 g/mol. The molecule has 2 atom stereocenters. The van der Waals surface area contributed by atoms with Crippen LogP contribution in [-0.4, -0.2) is 38.0 Å². The summed E-state index contributed by atoms with van der Waals surface area (Å²) in [5, 5.41) is 10.1. The van der Waals surface area contributed by atoms with Gasteiger partial charge in [-0.15, -0.1) is 0 Å². The number of halogens is 1. The van der Waals surface area contributed by atoms with E-state index in [1.165, 1.54) is 14.1 Å². The SMILES string of the molecule is C[C@H](NS(=O)(=O)N(C)C)[C@H](O)c1ccc(Br)cc1. The maximum atomic E-state index is 11.6. The molecule has 0 fully saturated rings. The smallest absolute Gasteiger partial charge is 0.279 e. The van der Waals surface area contributed by atoms with Crippen molar-refractivity contribution in [2.75, 3.05) is 14.1 Å². The number of nitrogens with zero attached hydrogens (tertiary/aromatic N) is 1. The molecule has 0 aromatic heterocycles. The van der Waals surface area contributed by atoms with Gasteiger partial charge in [0, 0.05) is 18.6 Å². The minimum Gasteiger partial charge on any atom is -0.387 e. The van der Waals surface area contributed by atoms with Crippen molar-refractivity contribution >= 4 is 26.1 Å². The molecule has 0 heterocycles. The van der Waals surface area contributed by atoms with Gasteiger partial charge in [0.05, 0.1) is 12.1 Å². The lowest BCUT2D eigenvalue weighted by molar-refractivity contribution is 0.145. The van der Waals surface area contributed by atoms with E-state index in [1.54, 1.807) is 31.2 Å². The van der Waals surface area contributed by atoms with E-state index in [0.717, 1.165) is 8.78 Å². The molecule has 0 amide bonds.